The van der Waals surface area contributed by atoms with E-state index in [1.165, 1.54) is 0 Å². The fourth-order valence-electron chi connectivity index (χ4n) is 1.07. The highest BCUT2D eigenvalue weighted by molar-refractivity contribution is 5.73. The van der Waals surface area contributed by atoms with Crippen LogP contribution in [-0.2, 0) is 0 Å². The second-order valence-corrected chi connectivity index (χ2v) is 3.66. The Bertz CT molecular complexity index is 181. The van der Waals surface area contributed by atoms with Gasteiger partial charge in [-0.3, -0.25) is 0 Å². The molecular formula is C10H20N2O2. The number of carbonyl (C=O) groups is 1. The summed E-state index contributed by atoms with van der Waals surface area (Å²) in [6.45, 7) is 8.26. The van der Waals surface area contributed by atoms with Gasteiger partial charge in [-0.25, -0.2) is 4.79 Å². The van der Waals surface area contributed by atoms with E-state index in [-0.39, 0.29) is 6.03 Å². The molecule has 4 nitrogen and oxygen atoms in total. The molecule has 0 aromatic heterocycles. The van der Waals surface area contributed by atoms with Crippen molar-refractivity contribution in [2.24, 2.45) is 5.92 Å². The molecule has 0 aromatic rings. The minimum absolute atomic E-state index is 0.271. The van der Waals surface area contributed by atoms with E-state index in [1.54, 1.807) is 6.08 Å². The lowest BCUT2D eigenvalue weighted by Gasteiger charge is -2.13. The summed E-state index contributed by atoms with van der Waals surface area (Å²) in [5, 5.41) is 14.6. The zero-order valence-electron chi connectivity index (χ0n) is 8.92. The third-order valence-corrected chi connectivity index (χ3v) is 1.65. The van der Waals surface area contributed by atoms with Gasteiger partial charge < -0.3 is 15.7 Å². The Balaban J connectivity index is 3.50. The number of urea groups is 1. The Hall–Kier alpha value is -1.03. The van der Waals surface area contributed by atoms with Gasteiger partial charge in [0.2, 0.25) is 0 Å². The maximum absolute atomic E-state index is 11.0. The van der Waals surface area contributed by atoms with E-state index in [4.69, 9.17) is 0 Å². The summed E-state index contributed by atoms with van der Waals surface area (Å²) in [5.41, 5.74) is 0. The summed E-state index contributed by atoms with van der Waals surface area (Å²) in [5.74, 6) is 0.433. The van der Waals surface area contributed by atoms with Crippen LogP contribution in [0.5, 0.6) is 0 Å². The van der Waals surface area contributed by atoms with Gasteiger partial charge in [-0.1, -0.05) is 19.9 Å². The van der Waals surface area contributed by atoms with Crippen molar-refractivity contribution < 1.29 is 9.90 Å². The number of nitrogens with one attached hydrogen (secondary N) is 2. The van der Waals surface area contributed by atoms with Gasteiger partial charge >= 0.3 is 6.03 Å². The molecule has 0 aliphatic rings. The van der Waals surface area contributed by atoms with Crippen LogP contribution >= 0.6 is 0 Å². The maximum Gasteiger partial charge on any atom is 0.315 e. The molecule has 0 spiro atoms. The largest absolute Gasteiger partial charge is 0.391 e. The van der Waals surface area contributed by atoms with Gasteiger partial charge in [-0.2, -0.15) is 0 Å². The molecule has 0 heterocycles. The number of hydrogen-bond donors (Lipinski definition) is 3. The van der Waals surface area contributed by atoms with Crippen LogP contribution < -0.4 is 10.6 Å². The normalized spacial score (nSPS) is 12.3. The Morgan fingerprint density at radius 1 is 1.50 bits per heavy atom. The van der Waals surface area contributed by atoms with Gasteiger partial charge in [0.1, 0.15) is 0 Å². The van der Waals surface area contributed by atoms with Crippen LogP contribution in [0, 0.1) is 5.92 Å². The third-order valence-electron chi connectivity index (χ3n) is 1.65. The van der Waals surface area contributed by atoms with Crippen LogP contribution in [0.4, 0.5) is 4.79 Å². The van der Waals surface area contributed by atoms with Gasteiger partial charge in [0.05, 0.1) is 6.10 Å². The smallest absolute Gasteiger partial charge is 0.315 e. The summed E-state index contributed by atoms with van der Waals surface area (Å²) in [7, 11) is 0. The molecule has 0 aliphatic heterocycles. The summed E-state index contributed by atoms with van der Waals surface area (Å²) in [6, 6.07) is -0.271. The molecule has 0 rings (SSSR count). The molecule has 14 heavy (non-hydrogen) atoms. The third kappa shape index (κ3) is 7.61. The van der Waals surface area contributed by atoms with Crippen molar-refractivity contribution in [2.45, 2.75) is 26.4 Å². The van der Waals surface area contributed by atoms with Crippen LogP contribution in [0.1, 0.15) is 20.3 Å². The predicted molar refractivity (Wildman–Crippen MR) is 57.1 cm³/mol. The molecule has 82 valence electrons. The maximum atomic E-state index is 11.0. The lowest BCUT2D eigenvalue weighted by molar-refractivity contribution is 0.147. The van der Waals surface area contributed by atoms with Gasteiger partial charge in [0.25, 0.3) is 0 Å². The lowest BCUT2D eigenvalue weighted by atomic mass is 10.1. The highest BCUT2D eigenvalue weighted by Gasteiger charge is 2.07. The molecule has 2 amide bonds. The van der Waals surface area contributed by atoms with E-state index >= 15 is 0 Å². The quantitative estimate of drug-likeness (QED) is 0.557. The van der Waals surface area contributed by atoms with E-state index in [9.17, 15) is 9.90 Å². The monoisotopic (exact) mass is 200 g/mol. The first-order valence-electron chi connectivity index (χ1n) is 4.87. The van der Waals surface area contributed by atoms with Crippen molar-refractivity contribution in [2.75, 3.05) is 13.1 Å². The lowest BCUT2D eigenvalue weighted by Crippen LogP contribution is -2.40. The van der Waals surface area contributed by atoms with Crippen molar-refractivity contribution in [1.82, 2.24) is 10.6 Å². The molecule has 0 saturated heterocycles. The molecule has 0 aliphatic carbocycles. The number of aliphatic hydroxyl groups excluding tert-OH is 1. The highest BCUT2D eigenvalue weighted by Crippen LogP contribution is 2.02. The molecule has 0 fully saturated rings. The molecule has 0 saturated carbocycles. The van der Waals surface area contributed by atoms with E-state index < -0.39 is 6.10 Å². The summed E-state index contributed by atoms with van der Waals surface area (Å²) >= 11 is 0. The molecule has 1 unspecified atom stereocenters. The van der Waals surface area contributed by atoms with E-state index in [0.29, 0.717) is 25.4 Å². The van der Waals surface area contributed by atoms with E-state index in [2.05, 4.69) is 17.2 Å². The van der Waals surface area contributed by atoms with Crippen molar-refractivity contribution in [1.29, 1.82) is 0 Å². The van der Waals surface area contributed by atoms with E-state index in [0.717, 1.165) is 0 Å². The van der Waals surface area contributed by atoms with Crippen LogP contribution in [0.3, 0.4) is 0 Å². The average Bonchev–Trinajstić information content (AvgIpc) is 2.10. The van der Waals surface area contributed by atoms with Crippen LogP contribution in [-0.4, -0.2) is 30.3 Å². The Kier molecular flexibility index (Phi) is 6.84. The summed E-state index contributed by atoms with van der Waals surface area (Å²) in [6.07, 6.45) is 1.83. The Labute approximate surface area is 85.4 Å². The Morgan fingerprint density at radius 3 is 2.64 bits per heavy atom. The summed E-state index contributed by atoms with van der Waals surface area (Å²) < 4.78 is 0. The molecule has 4 heteroatoms. The first-order valence-corrected chi connectivity index (χ1v) is 4.87. The summed E-state index contributed by atoms with van der Waals surface area (Å²) in [4.78, 5) is 11.0. The minimum atomic E-state index is -0.468. The topological polar surface area (TPSA) is 61.4 Å². The number of hydrogen-bond acceptors (Lipinski definition) is 2. The minimum Gasteiger partial charge on any atom is -0.391 e. The van der Waals surface area contributed by atoms with Crippen LogP contribution in [0.25, 0.3) is 0 Å². The van der Waals surface area contributed by atoms with Gasteiger partial charge in [0.15, 0.2) is 0 Å². The van der Waals surface area contributed by atoms with Crippen molar-refractivity contribution in [3.05, 3.63) is 12.7 Å². The van der Waals surface area contributed by atoms with E-state index in [1.807, 2.05) is 13.8 Å². The zero-order valence-corrected chi connectivity index (χ0v) is 8.92. The number of rotatable bonds is 6. The Morgan fingerprint density at radius 2 is 2.14 bits per heavy atom. The second kappa shape index (κ2) is 7.38. The molecule has 0 radical (unpaired) electrons. The standard InChI is InChI=1S/C10H20N2O2/c1-4-5-11-10(14)12-7-9(13)6-8(2)3/h4,8-9,13H,1,5-7H2,2-3H3,(H2,11,12,14). The van der Waals surface area contributed by atoms with Gasteiger partial charge in [-0.15, -0.1) is 6.58 Å². The fourth-order valence-corrected chi connectivity index (χ4v) is 1.07. The van der Waals surface area contributed by atoms with Crippen molar-refractivity contribution in [3.8, 4) is 0 Å². The second-order valence-electron chi connectivity index (χ2n) is 3.66. The van der Waals surface area contributed by atoms with Crippen LogP contribution in [0.15, 0.2) is 12.7 Å². The highest BCUT2D eigenvalue weighted by atomic mass is 16.3. The molecule has 1 atom stereocenters. The molecular weight excluding hydrogens is 180 g/mol. The first kappa shape index (κ1) is 13.0. The molecule has 0 bridgehead atoms. The number of carbonyl (C=O) groups excluding carboxylic acids is 1. The van der Waals surface area contributed by atoms with Gasteiger partial charge in [-0.05, 0) is 12.3 Å². The zero-order chi connectivity index (χ0) is 11.0. The predicted octanol–water partition coefficient (Wildman–Crippen LogP) is 0.879. The first-order chi connectivity index (χ1) is 6.56. The van der Waals surface area contributed by atoms with Gasteiger partial charge in [0, 0.05) is 13.1 Å². The molecule has 0 aromatic carbocycles. The van der Waals surface area contributed by atoms with Crippen LogP contribution in [0.2, 0.25) is 0 Å². The fraction of sp³-hybridized carbons (Fsp3) is 0.700. The number of aliphatic hydroxyl groups is 1. The van der Waals surface area contributed by atoms with Crippen molar-refractivity contribution >= 4 is 6.03 Å². The SMILES string of the molecule is C=CCNC(=O)NCC(O)CC(C)C. The molecule has 3 N–H and O–H groups in total. The van der Waals surface area contributed by atoms with Crippen molar-refractivity contribution in [3.63, 3.8) is 0 Å². The number of amides is 2. The average molecular weight is 200 g/mol.